The van der Waals surface area contributed by atoms with E-state index in [1.165, 1.54) is 6.20 Å². The summed E-state index contributed by atoms with van der Waals surface area (Å²) in [6.45, 7) is 3.42. The summed E-state index contributed by atoms with van der Waals surface area (Å²) in [7, 11) is 0. The highest BCUT2D eigenvalue weighted by molar-refractivity contribution is 5.92. The van der Waals surface area contributed by atoms with Gasteiger partial charge in [0.05, 0.1) is 5.39 Å². The Labute approximate surface area is 115 Å². The number of hydrogen-bond acceptors (Lipinski definition) is 5. The number of nitrogens with zero attached hydrogens (tertiary/aromatic N) is 2. The molecule has 0 aliphatic carbocycles. The van der Waals surface area contributed by atoms with Crippen molar-refractivity contribution in [3.8, 4) is 0 Å². The molecule has 0 bridgehead atoms. The van der Waals surface area contributed by atoms with Gasteiger partial charge in [0.15, 0.2) is 0 Å². The van der Waals surface area contributed by atoms with Gasteiger partial charge < -0.3 is 20.7 Å². The Morgan fingerprint density at radius 1 is 1.50 bits per heavy atom. The number of carbonyl (C=O) groups is 1. The van der Waals surface area contributed by atoms with Crippen LogP contribution in [-0.2, 0) is 6.54 Å². The number of aryl methyl sites for hydroxylation is 1. The molecule has 2 aromatic rings. The van der Waals surface area contributed by atoms with E-state index < -0.39 is 11.4 Å². The first-order valence-electron chi connectivity index (χ1n) is 6.30. The molecule has 2 rings (SSSR count). The van der Waals surface area contributed by atoms with Crippen LogP contribution < -0.4 is 16.5 Å². The van der Waals surface area contributed by atoms with E-state index in [0.717, 1.165) is 0 Å². The first-order chi connectivity index (χ1) is 9.58. The maximum absolute atomic E-state index is 12.1. The Kier molecular flexibility index (Phi) is 3.99. The Morgan fingerprint density at radius 3 is 2.85 bits per heavy atom. The van der Waals surface area contributed by atoms with Crippen molar-refractivity contribution in [2.45, 2.75) is 13.5 Å². The first-order valence-corrected chi connectivity index (χ1v) is 6.30. The van der Waals surface area contributed by atoms with Crippen LogP contribution in [0.25, 0.3) is 11.0 Å². The van der Waals surface area contributed by atoms with Gasteiger partial charge in [-0.25, -0.2) is 9.78 Å². The van der Waals surface area contributed by atoms with Crippen molar-refractivity contribution in [3.63, 3.8) is 0 Å². The second-order valence-electron chi connectivity index (χ2n) is 4.25. The lowest BCUT2D eigenvalue weighted by molar-refractivity contribution is 0.0695. The standard InChI is InChI=1S/C13H16N4O3/c1-2-17-7-9(13(19)20)11(18)8-3-4-10(15-6-5-14)16-12(8)17/h3-4,7H,2,5-6,14H2,1H3,(H,15,16)(H,19,20). The second kappa shape index (κ2) is 5.70. The molecule has 0 saturated carbocycles. The van der Waals surface area contributed by atoms with Gasteiger partial charge in [-0.05, 0) is 19.1 Å². The van der Waals surface area contributed by atoms with E-state index in [4.69, 9.17) is 10.8 Å². The van der Waals surface area contributed by atoms with E-state index in [1.807, 2.05) is 6.92 Å². The van der Waals surface area contributed by atoms with Crippen LogP contribution in [-0.4, -0.2) is 33.7 Å². The highest BCUT2D eigenvalue weighted by atomic mass is 16.4. The van der Waals surface area contributed by atoms with Crippen molar-refractivity contribution < 1.29 is 9.90 Å². The third-order valence-electron chi connectivity index (χ3n) is 2.94. The molecule has 0 aromatic carbocycles. The van der Waals surface area contributed by atoms with Crippen LogP contribution in [0.5, 0.6) is 0 Å². The van der Waals surface area contributed by atoms with E-state index in [2.05, 4.69) is 10.3 Å². The van der Waals surface area contributed by atoms with Crippen LogP contribution in [0.15, 0.2) is 23.1 Å². The number of anilines is 1. The summed E-state index contributed by atoms with van der Waals surface area (Å²) in [5, 5.41) is 12.4. The largest absolute Gasteiger partial charge is 0.477 e. The molecule has 0 fully saturated rings. The summed E-state index contributed by atoms with van der Waals surface area (Å²) in [6.07, 6.45) is 1.33. The Hall–Kier alpha value is -2.41. The summed E-state index contributed by atoms with van der Waals surface area (Å²) in [6, 6.07) is 3.23. The Morgan fingerprint density at radius 2 is 2.25 bits per heavy atom. The van der Waals surface area contributed by atoms with Gasteiger partial charge in [0.25, 0.3) is 0 Å². The maximum Gasteiger partial charge on any atom is 0.341 e. The van der Waals surface area contributed by atoms with Gasteiger partial charge in [-0.15, -0.1) is 0 Å². The summed E-state index contributed by atoms with van der Waals surface area (Å²) in [5.74, 6) is -0.628. The van der Waals surface area contributed by atoms with E-state index in [-0.39, 0.29) is 5.56 Å². The van der Waals surface area contributed by atoms with Crippen LogP contribution >= 0.6 is 0 Å². The quantitative estimate of drug-likeness (QED) is 0.733. The lowest BCUT2D eigenvalue weighted by Crippen LogP contribution is -2.20. The summed E-state index contributed by atoms with van der Waals surface area (Å²) >= 11 is 0. The van der Waals surface area contributed by atoms with Crippen LogP contribution in [0.1, 0.15) is 17.3 Å². The first kappa shape index (κ1) is 14.0. The van der Waals surface area contributed by atoms with E-state index in [9.17, 15) is 9.59 Å². The van der Waals surface area contributed by atoms with E-state index >= 15 is 0 Å². The highest BCUT2D eigenvalue weighted by Gasteiger charge is 2.15. The number of aromatic nitrogens is 2. The third-order valence-corrected chi connectivity index (χ3v) is 2.94. The van der Waals surface area contributed by atoms with Crippen LogP contribution in [0, 0.1) is 0 Å². The molecule has 0 radical (unpaired) electrons. The molecule has 2 heterocycles. The summed E-state index contributed by atoms with van der Waals surface area (Å²) in [5.41, 5.74) is 5.11. The molecule has 0 amide bonds. The molecule has 0 unspecified atom stereocenters. The van der Waals surface area contributed by atoms with Gasteiger partial charge in [-0.3, -0.25) is 4.79 Å². The monoisotopic (exact) mass is 276 g/mol. The average Bonchev–Trinajstić information content (AvgIpc) is 2.45. The predicted octanol–water partition coefficient (Wildman–Crippen LogP) is 0.485. The fourth-order valence-corrected chi connectivity index (χ4v) is 1.96. The SMILES string of the molecule is CCn1cc(C(=O)O)c(=O)c2ccc(NCCN)nc21. The minimum Gasteiger partial charge on any atom is -0.477 e. The molecule has 106 valence electrons. The average molecular weight is 276 g/mol. The maximum atomic E-state index is 12.1. The summed E-state index contributed by atoms with van der Waals surface area (Å²) in [4.78, 5) is 27.5. The van der Waals surface area contributed by atoms with E-state index in [0.29, 0.717) is 36.5 Å². The van der Waals surface area contributed by atoms with Crippen LogP contribution in [0.2, 0.25) is 0 Å². The normalized spacial score (nSPS) is 10.7. The number of fused-ring (bicyclic) bond motifs is 1. The van der Waals surface area contributed by atoms with Gasteiger partial charge in [0.1, 0.15) is 17.0 Å². The molecule has 20 heavy (non-hydrogen) atoms. The van der Waals surface area contributed by atoms with Crippen molar-refractivity contribution in [2.75, 3.05) is 18.4 Å². The smallest absolute Gasteiger partial charge is 0.341 e. The predicted molar refractivity (Wildman–Crippen MR) is 76.2 cm³/mol. The molecule has 7 nitrogen and oxygen atoms in total. The topological polar surface area (TPSA) is 110 Å². The number of pyridine rings is 2. The van der Waals surface area contributed by atoms with Crippen molar-refractivity contribution in [1.82, 2.24) is 9.55 Å². The molecule has 0 atom stereocenters. The number of nitrogens with one attached hydrogen (secondary N) is 1. The van der Waals surface area contributed by atoms with Crippen molar-refractivity contribution in [1.29, 1.82) is 0 Å². The fourth-order valence-electron chi connectivity index (χ4n) is 1.96. The number of aromatic carboxylic acids is 1. The Balaban J connectivity index is 2.66. The van der Waals surface area contributed by atoms with Gasteiger partial charge in [-0.1, -0.05) is 0 Å². The minimum atomic E-state index is -1.23. The zero-order valence-corrected chi connectivity index (χ0v) is 11.1. The highest BCUT2D eigenvalue weighted by Crippen LogP contribution is 2.13. The Bertz CT molecular complexity index is 709. The van der Waals surface area contributed by atoms with Crippen LogP contribution in [0.4, 0.5) is 5.82 Å². The zero-order chi connectivity index (χ0) is 14.7. The lowest BCUT2D eigenvalue weighted by Gasteiger charge is -2.11. The summed E-state index contributed by atoms with van der Waals surface area (Å²) < 4.78 is 1.65. The number of carboxylic acid groups (broad SMARTS) is 1. The number of rotatable bonds is 5. The molecule has 4 N–H and O–H groups in total. The molecule has 0 spiro atoms. The third kappa shape index (κ3) is 2.48. The van der Waals surface area contributed by atoms with Crippen molar-refractivity contribution >= 4 is 22.8 Å². The van der Waals surface area contributed by atoms with Gasteiger partial charge >= 0.3 is 5.97 Å². The molecule has 2 aromatic heterocycles. The van der Waals surface area contributed by atoms with Gasteiger partial charge in [-0.2, -0.15) is 0 Å². The lowest BCUT2D eigenvalue weighted by atomic mass is 10.2. The molecule has 0 aliphatic rings. The fraction of sp³-hybridized carbons (Fsp3) is 0.308. The molecule has 0 aliphatic heterocycles. The second-order valence-corrected chi connectivity index (χ2v) is 4.25. The van der Waals surface area contributed by atoms with Gasteiger partial charge in [0, 0.05) is 25.8 Å². The van der Waals surface area contributed by atoms with E-state index in [1.54, 1.807) is 16.7 Å². The van der Waals surface area contributed by atoms with Crippen LogP contribution in [0.3, 0.4) is 0 Å². The molecule has 0 saturated heterocycles. The molecular weight excluding hydrogens is 260 g/mol. The van der Waals surface area contributed by atoms with Crippen molar-refractivity contribution in [3.05, 3.63) is 34.1 Å². The van der Waals surface area contributed by atoms with Gasteiger partial charge in [0.2, 0.25) is 5.43 Å². The molecule has 7 heteroatoms. The van der Waals surface area contributed by atoms with Crippen molar-refractivity contribution in [2.24, 2.45) is 5.73 Å². The number of nitrogens with two attached hydrogens (primary N) is 1. The zero-order valence-electron chi connectivity index (χ0n) is 11.1. The number of hydrogen-bond donors (Lipinski definition) is 3. The number of carboxylic acids is 1. The molecular formula is C13H16N4O3. The minimum absolute atomic E-state index is 0.246.